The summed E-state index contributed by atoms with van der Waals surface area (Å²) in [6.07, 6.45) is 4.25. The molecular weight excluding hydrogens is 212 g/mol. The van der Waals surface area contributed by atoms with Gasteiger partial charge in [-0.2, -0.15) is 0 Å². The molecule has 94 valence electrons. The zero-order valence-corrected chi connectivity index (χ0v) is 9.48. The molecule has 5 heteroatoms. The van der Waals surface area contributed by atoms with Crippen LogP contribution < -0.4 is 0 Å². The van der Waals surface area contributed by atoms with Crippen LogP contribution in [0.5, 0.6) is 0 Å². The standard InChI is InChI=1S/C11H20O5/c12-10(13)6-2-1-4-8-16-9-5-3-7-11(14)15/h1-9H2,(H,12,13)(H,14,15). The van der Waals surface area contributed by atoms with Crippen molar-refractivity contribution < 1.29 is 24.5 Å². The molecule has 0 fully saturated rings. The van der Waals surface area contributed by atoms with Gasteiger partial charge in [0.1, 0.15) is 0 Å². The van der Waals surface area contributed by atoms with Gasteiger partial charge in [0.2, 0.25) is 0 Å². The first-order valence-electron chi connectivity index (χ1n) is 5.64. The number of hydrogen-bond acceptors (Lipinski definition) is 3. The van der Waals surface area contributed by atoms with Crippen molar-refractivity contribution >= 4 is 11.9 Å². The summed E-state index contributed by atoms with van der Waals surface area (Å²) in [5.41, 5.74) is 0. The van der Waals surface area contributed by atoms with E-state index in [-0.39, 0.29) is 12.8 Å². The van der Waals surface area contributed by atoms with E-state index in [9.17, 15) is 9.59 Å². The van der Waals surface area contributed by atoms with Crippen molar-refractivity contribution in [1.82, 2.24) is 0 Å². The number of carboxylic acid groups (broad SMARTS) is 2. The van der Waals surface area contributed by atoms with Gasteiger partial charge in [-0.05, 0) is 25.7 Å². The highest BCUT2D eigenvalue weighted by molar-refractivity contribution is 5.66. The van der Waals surface area contributed by atoms with Crippen LogP contribution >= 0.6 is 0 Å². The molecule has 0 aliphatic carbocycles. The third-order valence-electron chi connectivity index (χ3n) is 2.11. The smallest absolute Gasteiger partial charge is 0.303 e. The van der Waals surface area contributed by atoms with Crippen molar-refractivity contribution in [2.24, 2.45) is 0 Å². The van der Waals surface area contributed by atoms with Gasteiger partial charge in [0.25, 0.3) is 0 Å². The Hall–Kier alpha value is -1.10. The molecular formula is C11H20O5. The van der Waals surface area contributed by atoms with E-state index in [2.05, 4.69) is 0 Å². The molecule has 0 amide bonds. The van der Waals surface area contributed by atoms with Crippen LogP contribution in [-0.2, 0) is 14.3 Å². The Kier molecular flexibility index (Phi) is 9.70. The number of aliphatic carboxylic acids is 2. The number of ether oxygens (including phenoxy) is 1. The van der Waals surface area contributed by atoms with E-state index in [1.54, 1.807) is 0 Å². The van der Waals surface area contributed by atoms with Gasteiger partial charge in [-0.15, -0.1) is 0 Å². The molecule has 0 bridgehead atoms. The van der Waals surface area contributed by atoms with Crippen LogP contribution in [0.3, 0.4) is 0 Å². The molecule has 2 N–H and O–H groups in total. The molecule has 0 aromatic carbocycles. The lowest BCUT2D eigenvalue weighted by Gasteiger charge is -2.02. The minimum absolute atomic E-state index is 0.196. The SMILES string of the molecule is O=C(O)CCCCCOCCCCC(=O)O. The highest BCUT2D eigenvalue weighted by Crippen LogP contribution is 2.01. The first-order valence-corrected chi connectivity index (χ1v) is 5.64. The van der Waals surface area contributed by atoms with Crippen molar-refractivity contribution in [2.75, 3.05) is 13.2 Å². The van der Waals surface area contributed by atoms with E-state index in [1.165, 1.54) is 0 Å². The third kappa shape index (κ3) is 12.9. The van der Waals surface area contributed by atoms with Gasteiger partial charge in [0, 0.05) is 26.1 Å². The lowest BCUT2D eigenvalue weighted by molar-refractivity contribution is -0.138. The summed E-state index contributed by atoms with van der Waals surface area (Å²) in [4.78, 5) is 20.4. The number of hydrogen-bond donors (Lipinski definition) is 2. The summed E-state index contributed by atoms with van der Waals surface area (Å²) in [7, 11) is 0. The molecule has 0 aliphatic rings. The quantitative estimate of drug-likeness (QED) is 0.531. The maximum Gasteiger partial charge on any atom is 0.303 e. The second-order valence-electron chi connectivity index (χ2n) is 3.67. The van der Waals surface area contributed by atoms with Gasteiger partial charge in [-0.3, -0.25) is 9.59 Å². The summed E-state index contributed by atoms with van der Waals surface area (Å²) >= 11 is 0. The normalized spacial score (nSPS) is 10.2. The molecule has 0 unspecified atom stereocenters. The molecule has 0 heterocycles. The van der Waals surface area contributed by atoms with Crippen molar-refractivity contribution in [3.8, 4) is 0 Å². The molecule has 5 nitrogen and oxygen atoms in total. The largest absolute Gasteiger partial charge is 0.481 e. The zero-order valence-electron chi connectivity index (χ0n) is 9.48. The van der Waals surface area contributed by atoms with Crippen LogP contribution in [-0.4, -0.2) is 35.4 Å². The molecule has 0 atom stereocenters. The Balaban J connectivity index is 2.98. The van der Waals surface area contributed by atoms with Gasteiger partial charge in [0.05, 0.1) is 0 Å². The fourth-order valence-electron chi connectivity index (χ4n) is 1.24. The first kappa shape index (κ1) is 14.9. The first-order chi connectivity index (χ1) is 7.63. The summed E-state index contributed by atoms with van der Waals surface area (Å²) in [5.74, 6) is -1.52. The summed E-state index contributed by atoms with van der Waals surface area (Å²) < 4.78 is 5.28. The molecule has 0 aromatic rings. The molecule has 0 spiro atoms. The number of carboxylic acids is 2. The van der Waals surface area contributed by atoms with E-state index in [0.29, 0.717) is 26.1 Å². The van der Waals surface area contributed by atoms with E-state index in [1.807, 2.05) is 0 Å². The van der Waals surface area contributed by atoms with Gasteiger partial charge in [-0.1, -0.05) is 6.42 Å². The Morgan fingerprint density at radius 1 is 0.750 bits per heavy atom. The van der Waals surface area contributed by atoms with Crippen LogP contribution in [0.1, 0.15) is 44.9 Å². The highest BCUT2D eigenvalue weighted by Gasteiger charge is 1.97. The minimum Gasteiger partial charge on any atom is -0.481 e. The summed E-state index contributed by atoms with van der Waals surface area (Å²) in [6.45, 7) is 1.22. The zero-order chi connectivity index (χ0) is 12.2. The van der Waals surface area contributed by atoms with Crippen LogP contribution in [0.25, 0.3) is 0 Å². The van der Waals surface area contributed by atoms with Crippen LogP contribution in [0.2, 0.25) is 0 Å². The third-order valence-corrected chi connectivity index (χ3v) is 2.11. The lowest BCUT2D eigenvalue weighted by atomic mass is 10.2. The minimum atomic E-state index is -0.770. The monoisotopic (exact) mass is 232 g/mol. The second kappa shape index (κ2) is 10.4. The number of rotatable bonds is 11. The van der Waals surface area contributed by atoms with Gasteiger partial charge in [-0.25, -0.2) is 0 Å². The molecule has 0 saturated heterocycles. The van der Waals surface area contributed by atoms with Crippen molar-refractivity contribution in [3.63, 3.8) is 0 Å². The fraction of sp³-hybridized carbons (Fsp3) is 0.818. The predicted molar refractivity (Wildman–Crippen MR) is 58.4 cm³/mol. The van der Waals surface area contributed by atoms with Crippen LogP contribution in [0.15, 0.2) is 0 Å². The van der Waals surface area contributed by atoms with E-state index < -0.39 is 11.9 Å². The molecule has 0 aromatic heterocycles. The highest BCUT2D eigenvalue weighted by atomic mass is 16.5. The second-order valence-corrected chi connectivity index (χ2v) is 3.67. The van der Waals surface area contributed by atoms with Crippen LogP contribution in [0.4, 0.5) is 0 Å². The maximum absolute atomic E-state index is 10.2. The Bertz CT molecular complexity index is 181. The van der Waals surface area contributed by atoms with E-state index in [4.69, 9.17) is 14.9 Å². The van der Waals surface area contributed by atoms with Gasteiger partial charge >= 0.3 is 11.9 Å². The lowest BCUT2D eigenvalue weighted by Crippen LogP contribution is -2.00. The molecule has 0 saturated carbocycles. The van der Waals surface area contributed by atoms with Gasteiger partial charge in [0.15, 0.2) is 0 Å². The summed E-state index contributed by atoms with van der Waals surface area (Å²) in [5, 5.41) is 16.7. The van der Waals surface area contributed by atoms with E-state index >= 15 is 0 Å². The molecule has 0 rings (SSSR count). The van der Waals surface area contributed by atoms with Crippen molar-refractivity contribution in [1.29, 1.82) is 0 Å². The maximum atomic E-state index is 10.2. The van der Waals surface area contributed by atoms with Crippen molar-refractivity contribution in [3.05, 3.63) is 0 Å². The average molecular weight is 232 g/mol. The van der Waals surface area contributed by atoms with Crippen LogP contribution in [0, 0.1) is 0 Å². The topological polar surface area (TPSA) is 83.8 Å². The summed E-state index contributed by atoms with van der Waals surface area (Å²) in [6, 6.07) is 0. The predicted octanol–water partition coefficient (Wildman–Crippen LogP) is 1.90. The number of unbranched alkanes of at least 4 members (excludes halogenated alkanes) is 3. The Morgan fingerprint density at radius 2 is 1.19 bits per heavy atom. The van der Waals surface area contributed by atoms with E-state index in [0.717, 1.165) is 19.3 Å². The molecule has 0 radical (unpaired) electrons. The average Bonchev–Trinajstić information content (AvgIpc) is 2.20. The van der Waals surface area contributed by atoms with Gasteiger partial charge < -0.3 is 14.9 Å². The van der Waals surface area contributed by atoms with Crippen molar-refractivity contribution in [2.45, 2.75) is 44.9 Å². The fourth-order valence-corrected chi connectivity index (χ4v) is 1.24. The Labute approximate surface area is 95.4 Å². The molecule has 16 heavy (non-hydrogen) atoms. The Morgan fingerprint density at radius 3 is 1.69 bits per heavy atom. The molecule has 0 aliphatic heterocycles. The number of carbonyl (C=O) groups is 2.